The summed E-state index contributed by atoms with van der Waals surface area (Å²) < 4.78 is 13.4. The van der Waals surface area contributed by atoms with Crippen molar-refractivity contribution in [2.75, 3.05) is 11.6 Å². The predicted octanol–water partition coefficient (Wildman–Crippen LogP) is 3.31. The lowest BCUT2D eigenvalue weighted by Gasteiger charge is -2.37. The maximum Gasteiger partial charge on any atom is 0.256 e. The maximum atomic E-state index is 13.4. The Balaban J connectivity index is 1.87. The zero-order valence-corrected chi connectivity index (χ0v) is 16.0. The van der Waals surface area contributed by atoms with Crippen LogP contribution in [0.25, 0.3) is 0 Å². The third kappa shape index (κ3) is 3.85. The molecule has 4 N–H and O–H groups in total. The van der Waals surface area contributed by atoms with Crippen LogP contribution in [0.4, 0.5) is 10.2 Å². The number of anilines is 1. The van der Waals surface area contributed by atoms with Gasteiger partial charge in [-0.2, -0.15) is 0 Å². The molecule has 27 heavy (non-hydrogen) atoms. The van der Waals surface area contributed by atoms with Crippen LogP contribution in [0, 0.1) is 5.82 Å². The molecule has 1 atom stereocenters. The second-order valence-corrected chi connectivity index (χ2v) is 7.05. The van der Waals surface area contributed by atoms with E-state index in [2.05, 4.69) is 4.98 Å². The first kappa shape index (κ1) is 19.4. The Kier molecular flexibility index (Phi) is 5.55. The van der Waals surface area contributed by atoms with E-state index in [0.717, 1.165) is 0 Å². The van der Waals surface area contributed by atoms with E-state index in [1.165, 1.54) is 23.3 Å². The first-order valence-corrected chi connectivity index (χ1v) is 8.94. The molecule has 142 valence electrons. The van der Waals surface area contributed by atoms with Gasteiger partial charge in [-0.15, -0.1) is 0 Å². The fourth-order valence-electron chi connectivity index (χ4n) is 2.96. The molecule has 1 aliphatic heterocycles. The van der Waals surface area contributed by atoms with Crippen molar-refractivity contribution in [3.63, 3.8) is 0 Å². The smallest absolute Gasteiger partial charge is 0.256 e. The van der Waals surface area contributed by atoms with Gasteiger partial charge in [-0.3, -0.25) is 9.80 Å². The van der Waals surface area contributed by atoms with Crippen LogP contribution in [0.1, 0.15) is 23.7 Å². The van der Waals surface area contributed by atoms with Crippen molar-refractivity contribution in [2.24, 2.45) is 11.6 Å². The van der Waals surface area contributed by atoms with E-state index in [4.69, 9.17) is 34.8 Å². The molecule has 0 saturated heterocycles. The number of nitrogens with zero attached hydrogens (tertiary/aromatic N) is 3. The molecular formula is C18H18Cl2FN5O. The molecule has 0 spiro atoms. The summed E-state index contributed by atoms with van der Waals surface area (Å²) in [4.78, 5) is 18.6. The van der Waals surface area contributed by atoms with Crippen LogP contribution in [0.15, 0.2) is 47.9 Å². The van der Waals surface area contributed by atoms with Crippen LogP contribution in [-0.4, -0.2) is 28.4 Å². The van der Waals surface area contributed by atoms with Gasteiger partial charge < -0.3 is 10.6 Å². The largest absolute Gasteiger partial charge is 0.399 e. The highest BCUT2D eigenvalue weighted by Crippen LogP contribution is 2.30. The molecular weight excluding hydrogens is 392 g/mol. The molecule has 3 rings (SSSR count). The number of rotatable bonds is 3. The monoisotopic (exact) mass is 409 g/mol. The number of pyridine rings is 1. The molecule has 0 fully saturated rings. The number of hydrogen-bond acceptors (Lipinski definition) is 5. The molecule has 1 amide bonds. The third-order valence-corrected chi connectivity index (χ3v) is 5.24. The number of carbonyl (C=O) groups is 1. The molecule has 0 radical (unpaired) electrons. The van der Waals surface area contributed by atoms with Gasteiger partial charge >= 0.3 is 0 Å². The highest BCUT2D eigenvalue weighted by molar-refractivity contribution is 6.43. The van der Waals surface area contributed by atoms with Crippen molar-refractivity contribution >= 4 is 34.9 Å². The van der Waals surface area contributed by atoms with E-state index in [1.807, 2.05) is 6.92 Å². The van der Waals surface area contributed by atoms with Crippen LogP contribution in [-0.2, 0) is 0 Å². The summed E-state index contributed by atoms with van der Waals surface area (Å²) in [7, 11) is 0. The summed E-state index contributed by atoms with van der Waals surface area (Å²) in [6, 6.07) is 7.13. The fraction of sp³-hybridized carbons (Fsp3) is 0.222. The highest BCUT2D eigenvalue weighted by atomic mass is 35.5. The van der Waals surface area contributed by atoms with Gasteiger partial charge in [-0.05, 0) is 25.1 Å². The number of benzene rings is 1. The first-order chi connectivity index (χ1) is 12.8. The number of aromatic nitrogens is 1. The summed E-state index contributed by atoms with van der Waals surface area (Å²) in [6.45, 7) is 2.02. The minimum atomic E-state index is -0.453. The Morgan fingerprint density at radius 2 is 2.11 bits per heavy atom. The highest BCUT2D eigenvalue weighted by Gasteiger charge is 2.31. The maximum absolute atomic E-state index is 13.4. The lowest BCUT2D eigenvalue weighted by atomic mass is 10.0. The van der Waals surface area contributed by atoms with Gasteiger partial charge in [0.25, 0.3) is 5.91 Å². The summed E-state index contributed by atoms with van der Waals surface area (Å²) in [5.41, 5.74) is 7.47. The Bertz CT molecular complexity index is 920. The minimum Gasteiger partial charge on any atom is -0.399 e. The molecule has 1 aliphatic rings. The minimum absolute atomic E-state index is 0.154. The molecule has 6 nitrogen and oxygen atoms in total. The van der Waals surface area contributed by atoms with E-state index < -0.39 is 5.82 Å². The van der Waals surface area contributed by atoms with Gasteiger partial charge in [-0.1, -0.05) is 29.3 Å². The SMILES string of the molecule is CC1CC(N(N)c2cc(F)ccn2)=C(N)CN1C(=O)c1cccc(Cl)c1Cl. The number of amides is 1. The van der Waals surface area contributed by atoms with Gasteiger partial charge in [0.15, 0.2) is 0 Å². The van der Waals surface area contributed by atoms with Crippen molar-refractivity contribution < 1.29 is 9.18 Å². The lowest BCUT2D eigenvalue weighted by molar-refractivity contribution is 0.0695. The molecule has 1 unspecified atom stereocenters. The molecule has 1 aromatic heterocycles. The van der Waals surface area contributed by atoms with Crippen molar-refractivity contribution in [2.45, 2.75) is 19.4 Å². The molecule has 2 aromatic rings. The lowest BCUT2D eigenvalue weighted by Crippen LogP contribution is -2.48. The second kappa shape index (κ2) is 7.72. The predicted molar refractivity (Wildman–Crippen MR) is 104 cm³/mol. The van der Waals surface area contributed by atoms with Gasteiger partial charge in [0.1, 0.15) is 11.6 Å². The molecule has 1 aromatic carbocycles. The van der Waals surface area contributed by atoms with Crippen molar-refractivity contribution in [3.8, 4) is 0 Å². The van der Waals surface area contributed by atoms with Crippen LogP contribution in [0.2, 0.25) is 10.0 Å². The van der Waals surface area contributed by atoms with Gasteiger partial charge in [0, 0.05) is 30.4 Å². The van der Waals surface area contributed by atoms with Crippen LogP contribution >= 0.6 is 23.2 Å². The molecule has 2 heterocycles. The molecule has 0 aliphatic carbocycles. The number of halogens is 3. The Morgan fingerprint density at radius 3 is 2.81 bits per heavy atom. The van der Waals surface area contributed by atoms with E-state index in [0.29, 0.717) is 28.4 Å². The third-order valence-electron chi connectivity index (χ3n) is 4.42. The average Bonchev–Trinajstić information content (AvgIpc) is 2.64. The fourth-order valence-corrected chi connectivity index (χ4v) is 3.35. The summed E-state index contributed by atoms with van der Waals surface area (Å²) >= 11 is 12.2. The van der Waals surface area contributed by atoms with E-state index in [1.54, 1.807) is 23.1 Å². The zero-order valence-electron chi connectivity index (χ0n) is 14.5. The van der Waals surface area contributed by atoms with Crippen LogP contribution in [0.5, 0.6) is 0 Å². The Labute approximate surface area is 166 Å². The number of carbonyl (C=O) groups excluding carboxylic acids is 1. The Hall–Kier alpha value is -2.35. The number of hydrogen-bond donors (Lipinski definition) is 2. The van der Waals surface area contributed by atoms with Crippen molar-refractivity contribution in [1.82, 2.24) is 9.88 Å². The van der Waals surface area contributed by atoms with Gasteiger partial charge in [0.05, 0.1) is 27.9 Å². The topological polar surface area (TPSA) is 88.5 Å². The van der Waals surface area contributed by atoms with Crippen molar-refractivity contribution in [1.29, 1.82) is 0 Å². The quantitative estimate of drug-likeness (QED) is 0.599. The number of nitrogens with two attached hydrogens (primary N) is 2. The molecule has 0 bridgehead atoms. The molecule has 9 heteroatoms. The van der Waals surface area contributed by atoms with E-state index >= 15 is 0 Å². The average molecular weight is 410 g/mol. The Morgan fingerprint density at radius 1 is 1.37 bits per heavy atom. The van der Waals surface area contributed by atoms with Crippen LogP contribution in [0.3, 0.4) is 0 Å². The number of hydrazine groups is 1. The van der Waals surface area contributed by atoms with Gasteiger partial charge in [-0.25, -0.2) is 15.2 Å². The van der Waals surface area contributed by atoms with Gasteiger partial charge in [0.2, 0.25) is 0 Å². The standard InChI is InChI=1S/C18H18Cl2FN5O/c1-10-7-15(26(23)16-8-11(21)5-6-24-16)14(22)9-25(10)18(27)12-3-2-4-13(19)17(12)20/h2-6,8,10H,7,9,22-23H2,1H3. The van der Waals surface area contributed by atoms with E-state index in [-0.39, 0.29) is 29.3 Å². The van der Waals surface area contributed by atoms with Crippen LogP contribution < -0.4 is 16.6 Å². The first-order valence-electron chi connectivity index (χ1n) is 8.18. The second-order valence-electron chi connectivity index (χ2n) is 6.26. The van der Waals surface area contributed by atoms with Crippen molar-refractivity contribution in [3.05, 3.63) is 69.3 Å². The van der Waals surface area contributed by atoms with E-state index in [9.17, 15) is 9.18 Å². The zero-order chi connectivity index (χ0) is 19.7. The summed E-state index contributed by atoms with van der Waals surface area (Å²) in [5, 5.41) is 1.76. The normalized spacial score (nSPS) is 17.2. The summed E-state index contributed by atoms with van der Waals surface area (Å²) in [5.74, 6) is 5.60. The molecule has 0 saturated carbocycles. The summed E-state index contributed by atoms with van der Waals surface area (Å²) in [6.07, 6.45) is 1.70.